The molecule has 6 heteroatoms. The second-order valence-electron chi connectivity index (χ2n) is 5.17. The van der Waals surface area contributed by atoms with Gasteiger partial charge >= 0.3 is 0 Å². The van der Waals surface area contributed by atoms with Crippen molar-refractivity contribution in [3.63, 3.8) is 0 Å². The smallest absolute Gasteiger partial charge is 0.293 e. The Morgan fingerprint density at radius 3 is 2.74 bits per heavy atom. The molecule has 1 aliphatic rings. The van der Waals surface area contributed by atoms with Gasteiger partial charge in [-0.25, -0.2) is 0 Å². The number of nitrogens with one attached hydrogen (secondary N) is 1. The summed E-state index contributed by atoms with van der Waals surface area (Å²) in [4.78, 5) is 12.8. The fourth-order valence-corrected chi connectivity index (χ4v) is 2.44. The molecule has 2 rings (SSSR count). The monoisotopic (exact) mass is 283 g/mol. The first-order chi connectivity index (χ1) is 8.99. The standard InChI is InChI=1S/C13H18ClN3O2/c1-16(2)13(9-3-4-9)8-15-11-6-5-10(14)7-12(11)17(18)19/h5-7,9,13,15H,3-4,8H2,1-2H3. The van der Waals surface area contributed by atoms with Crippen molar-refractivity contribution in [3.8, 4) is 0 Å². The lowest BCUT2D eigenvalue weighted by atomic mass is 10.1. The molecule has 19 heavy (non-hydrogen) atoms. The molecule has 0 spiro atoms. The number of rotatable bonds is 6. The molecule has 1 atom stereocenters. The first-order valence-corrected chi connectivity index (χ1v) is 6.71. The molecule has 0 aromatic heterocycles. The van der Waals surface area contributed by atoms with Crippen LogP contribution in [0.25, 0.3) is 0 Å². The molecule has 1 unspecified atom stereocenters. The largest absolute Gasteiger partial charge is 0.378 e. The average Bonchev–Trinajstić information content (AvgIpc) is 3.14. The highest BCUT2D eigenvalue weighted by atomic mass is 35.5. The number of nitro benzene ring substituents is 1. The van der Waals surface area contributed by atoms with Crippen LogP contribution in [0.4, 0.5) is 11.4 Å². The van der Waals surface area contributed by atoms with Crippen LogP contribution in [0.2, 0.25) is 5.02 Å². The van der Waals surface area contributed by atoms with Crippen molar-refractivity contribution in [2.45, 2.75) is 18.9 Å². The molecule has 0 radical (unpaired) electrons. The molecule has 1 aliphatic carbocycles. The summed E-state index contributed by atoms with van der Waals surface area (Å²) in [5.74, 6) is 0.703. The summed E-state index contributed by atoms with van der Waals surface area (Å²) in [6.07, 6.45) is 2.49. The maximum Gasteiger partial charge on any atom is 0.293 e. The molecule has 104 valence electrons. The van der Waals surface area contributed by atoms with Crippen LogP contribution >= 0.6 is 11.6 Å². The van der Waals surface area contributed by atoms with Crippen molar-refractivity contribution >= 4 is 23.0 Å². The van der Waals surface area contributed by atoms with E-state index < -0.39 is 4.92 Å². The Bertz CT molecular complexity index is 473. The van der Waals surface area contributed by atoms with E-state index in [-0.39, 0.29) is 5.69 Å². The number of hydrogen-bond donors (Lipinski definition) is 1. The first-order valence-electron chi connectivity index (χ1n) is 6.33. The fraction of sp³-hybridized carbons (Fsp3) is 0.538. The van der Waals surface area contributed by atoms with E-state index in [0.29, 0.717) is 29.2 Å². The maximum absolute atomic E-state index is 11.0. The van der Waals surface area contributed by atoms with E-state index in [0.717, 1.165) is 0 Å². The van der Waals surface area contributed by atoms with Crippen molar-refractivity contribution in [2.75, 3.05) is 26.0 Å². The number of nitrogens with zero attached hydrogens (tertiary/aromatic N) is 2. The van der Waals surface area contributed by atoms with Crippen molar-refractivity contribution in [1.82, 2.24) is 4.90 Å². The van der Waals surface area contributed by atoms with E-state index in [9.17, 15) is 10.1 Å². The van der Waals surface area contributed by atoms with Gasteiger partial charge < -0.3 is 10.2 Å². The zero-order valence-electron chi connectivity index (χ0n) is 11.1. The van der Waals surface area contributed by atoms with E-state index in [2.05, 4.69) is 10.2 Å². The first kappa shape index (κ1) is 14.1. The Morgan fingerprint density at radius 2 is 2.21 bits per heavy atom. The summed E-state index contributed by atoms with van der Waals surface area (Å²) in [5, 5.41) is 14.6. The molecular formula is C13H18ClN3O2. The Labute approximate surface area is 117 Å². The molecular weight excluding hydrogens is 266 g/mol. The number of halogens is 1. The highest BCUT2D eigenvalue weighted by Crippen LogP contribution is 2.35. The minimum absolute atomic E-state index is 0.0285. The van der Waals surface area contributed by atoms with Crippen LogP contribution in [0.15, 0.2) is 18.2 Å². The minimum Gasteiger partial charge on any atom is -0.378 e. The van der Waals surface area contributed by atoms with Crippen LogP contribution in [0, 0.1) is 16.0 Å². The molecule has 1 N–H and O–H groups in total. The van der Waals surface area contributed by atoms with Crippen molar-refractivity contribution in [1.29, 1.82) is 0 Å². The number of likely N-dealkylation sites (N-methyl/N-ethyl adjacent to an activating group) is 1. The van der Waals surface area contributed by atoms with E-state index in [1.165, 1.54) is 18.9 Å². The van der Waals surface area contributed by atoms with Gasteiger partial charge in [-0.05, 0) is 45.0 Å². The summed E-state index contributed by atoms with van der Waals surface area (Å²) >= 11 is 5.79. The lowest BCUT2D eigenvalue weighted by molar-refractivity contribution is -0.383. The number of nitro groups is 1. The lowest BCUT2D eigenvalue weighted by Crippen LogP contribution is -2.36. The van der Waals surface area contributed by atoms with E-state index >= 15 is 0 Å². The van der Waals surface area contributed by atoms with Crippen molar-refractivity contribution < 1.29 is 4.92 Å². The van der Waals surface area contributed by atoms with Gasteiger partial charge in [0.05, 0.1) is 4.92 Å². The summed E-state index contributed by atoms with van der Waals surface area (Å²) in [5.41, 5.74) is 0.558. The SMILES string of the molecule is CN(C)C(CNc1ccc(Cl)cc1[N+](=O)[O-])C1CC1. The van der Waals surface area contributed by atoms with Crippen LogP contribution < -0.4 is 5.32 Å². The molecule has 0 aliphatic heterocycles. The Kier molecular flexibility index (Phi) is 4.27. The zero-order chi connectivity index (χ0) is 14.0. The molecule has 1 aromatic carbocycles. The lowest BCUT2D eigenvalue weighted by Gasteiger charge is -2.24. The second-order valence-corrected chi connectivity index (χ2v) is 5.60. The summed E-state index contributed by atoms with van der Waals surface area (Å²) in [6, 6.07) is 5.13. The number of benzene rings is 1. The molecule has 1 fully saturated rings. The second kappa shape index (κ2) is 5.75. The predicted molar refractivity (Wildman–Crippen MR) is 76.8 cm³/mol. The maximum atomic E-state index is 11.0. The van der Waals surface area contributed by atoms with Crippen LogP contribution in [0.1, 0.15) is 12.8 Å². The van der Waals surface area contributed by atoms with Crippen LogP contribution in [-0.4, -0.2) is 36.5 Å². The van der Waals surface area contributed by atoms with Crippen LogP contribution in [0.3, 0.4) is 0 Å². The zero-order valence-corrected chi connectivity index (χ0v) is 11.9. The van der Waals surface area contributed by atoms with Gasteiger partial charge in [-0.1, -0.05) is 11.6 Å². The van der Waals surface area contributed by atoms with Gasteiger partial charge in [0.15, 0.2) is 0 Å². The molecule has 0 bridgehead atoms. The van der Waals surface area contributed by atoms with Gasteiger partial charge in [0.25, 0.3) is 5.69 Å². The van der Waals surface area contributed by atoms with Gasteiger partial charge in [-0.15, -0.1) is 0 Å². The molecule has 0 heterocycles. The molecule has 1 saturated carbocycles. The Hall–Kier alpha value is -1.33. The minimum atomic E-state index is -0.407. The Balaban J connectivity index is 2.08. The third-order valence-electron chi connectivity index (χ3n) is 3.49. The van der Waals surface area contributed by atoms with Crippen LogP contribution in [0.5, 0.6) is 0 Å². The van der Waals surface area contributed by atoms with E-state index in [1.807, 2.05) is 14.1 Å². The van der Waals surface area contributed by atoms with Gasteiger partial charge in [0, 0.05) is 23.7 Å². The van der Waals surface area contributed by atoms with Gasteiger partial charge in [-0.3, -0.25) is 10.1 Å². The highest BCUT2D eigenvalue weighted by molar-refractivity contribution is 6.30. The van der Waals surface area contributed by atoms with Crippen molar-refractivity contribution in [2.24, 2.45) is 5.92 Å². The van der Waals surface area contributed by atoms with Gasteiger partial charge in [0.2, 0.25) is 0 Å². The molecule has 0 amide bonds. The summed E-state index contributed by atoms with van der Waals surface area (Å²) in [6.45, 7) is 0.708. The topological polar surface area (TPSA) is 58.4 Å². The van der Waals surface area contributed by atoms with E-state index in [1.54, 1.807) is 12.1 Å². The normalized spacial score (nSPS) is 16.4. The molecule has 5 nitrogen and oxygen atoms in total. The molecule has 1 aromatic rings. The quantitative estimate of drug-likeness (QED) is 0.644. The number of hydrogen-bond acceptors (Lipinski definition) is 4. The third kappa shape index (κ3) is 3.58. The van der Waals surface area contributed by atoms with Crippen LogP contribution in [-0.2, 0) is 0 Å². The third-order valence-corrected chi connectivity index (χ3v) is 3.72. The van der Waals surface area contributed by atoms with Crippen molar-refractivity contribution in [3.05, 3.63) is 33.3 Å². The van der Waals surface area contributed by atoms with E-state index in [4.69, 9.17) is 11.6 Å². The summed E-state index contributed by atoms with van der Waals surface area (Å²) in [7, 11) is 4.09. The van der Waals surface area contributed by atoms with Gasteiger partial charge in [-0.2, -0.15) is 0 Å². The highest BCUT2D eigenvalue weighted by Gasteiger charge is 2.32. The predicted octanol–water partition coefficient (Wildman–Crippen LogP) is 3.00. The summed E-state index contributed by atoms with van der Waals surface area (Å²) < 4.78 is 0. The van der Waals surface area contributed by atoms with Gasteiger partial charge in [0.1, 0.15) is 5.69 Å². The average molecular weight is 284 g/mol. The number of anilines is 1. The molecule has 0 saturated heterocycles. The Morgan fingerprint density at radius 1 is 1.53 bits per heavy atom. The fourth-order valence-electron chi connectivity index (χ4n) is 2.27.